The van der Waals surface area contributed by atoms with Crippen molar-refractivity contribution in [1.82, 2.24) is 20.0 Å². The van der Waals surface area contributed by atoms with Crippen molar-refractivity contribution in [2.24, 2.45) is 0 Å². The number of urea groups is 1. The Morgan fingerprint density at radius 3 is 2.17 bits per heavy atom. The summed E-state index contributed by atoms with van der Waals surface area (Å²) >= 11 is 2.51. The molecule has 0 aromatic rings. The van der Waals surface area contributed by atoms with Crippen LogP contribution in [0.25, 0.3) is 0 Å². The van der Waals surface area contributed by atoms with E-state index in [1.807, 2.05) is 4.90 Å². The van der Waals surface area contributed by atoms with Gasteiger partial charge in [-0.15, -0.1) is 11.8 Å². The molecule has 10 nitrogen and oxygen atoms in total. The van der Waals surface area contributed by atoms with Crippen LogP contribution in [0.3, 0.4) is 0 Å². The van der Waals surface area contributed by atoms with Gasteiger partial charge in [0.1, 0.15) is 17.7 Å². The fourth-order valence-electron chi connectivity index (χ4n) is 3.35. The summed E-state index contributed by atoms with van der Waals surface area (Å²) in [5.41, 5.74) is -0.535. The van der Waals surface area contributed by atoms with Gasteiger partial charge in [-0.1, -0.05) is 11.8 Å². The predicted molar refractivity (Wildman–Crippen MR) is 112 cm³/mol. The van der Waals surface area contributed by atoms with E-state index in [4.69, 9.17) is 9.47 Å². The molecule has 3 amide bonds. The van der Waals surface area contributed by atoms with Crippen LogP contribution in [0.15, 0.2) is 9.81 Å². The van der Waals surface area contributed by atoms with Crippen molar-refractivity contribution in [2.75, 3.05) is 20.0 Å². The largest absolute Gasteiger partial charge is 0.459 e. The average molecular weight is 459 g/mol. The molecule has 166 valence electrons. The van der Waals surface area contributed by atoms with Crippen LogP contribution in [-0.4, -0.2) is 88.5 Å². The predicted octanol–water partition coefficient (Wildman–Crippen LogP) is 0.946. The minimum atomic E-state index is -0.738. The molecule has 1 N–H and O–H groups in total. The number of nitrogens with one attached hydrogen (secondary N) is 1. The lowest BCUT2D eigenvalue weighted by Gasteiger charge is -2.40. The summed E-state index contributed by atoms with van der Waals surface area (Å²) in [5, 5.41) is 3.26. The molecule has 3 fully saturated rings. The first kappa shape index (κ1) is 22.9. The summed E-state index contributed by atoms with van der Waals surface area (Å²) in [5.74, 6) is -1.41. The molecule has 0 aliphatic carbocycles. The number of hydrogen-bond donors (Lipinski definition) is 1. The van der Waals surface area contributed by atoms with Crippen molar-refractivity contribution in [3.8, 4) is 0 Å². The second-order valence-electron chi connectivity index (χ2n) is 7.68. The number of hydrogen-bond acceptors (Lipinski definition) is 10. The molecule has 0 aromatic heterocycles. The van der Waals surface area contributed by atoms with Gasteiger partial charge >= 0.3 is 18.0 Å². The molecular weight excluding hydrogens is 432 g/mol. The molecule has 3 heterocycles. The summed E-state index contributed by atoms with van der Waals surface area (Å²) < 4.78 is 11.0. The van der Waals surface area contributed by atoms with Gasteiger partial charge in [-0.05, 0) is 27.7 Å². The Hall–Kier alpha value is -1.76. The van der Waals surface area contributed by atoms with Crippen molar-refractivity contribution in [3.63, 3.8) is 0 Å². The zero-order valence-corrected chi connectivity index (χ0v) is 19.3. The monoisotopic (exact) mass is 458 g/mol. The summed E-state index contributed by atoms with van der Waals surface area (Å²) in [4.78, 5) is 54.8. The normalized spacial score (nSPS) is 26.8. The van der Waals surface area contributed by atoms with Gasteiger partial charge in [0.15, 0.2) is 5.57 Å². The van der Waals surface area contributed by atoms with E-state index in [1.54, 1.807) is 34.7 Å². The van der Waals surface area contributed by atoms with Gasteiger partial charge in [-0.2, -0.15) is 0 Å². The first-order valence-corrected chi connectivity index (χ1v) is 11.4. The molecule has 3 aliphatic rings. The van der Waals surface area contributed by atoms with Gasteiger partial charge in [0.25, 0.3) is 5.91 Å². The molecule has 0 saturated carbocycles. The molecule has 3 atom stereocenters. The maximum absolute atomic E-state index is 12.7. The second-order valence-corrected chi connectivity index (χ2v) is 9.98. The van der Waals surface area contributed by atoms with Crippen molar-refractivity contribution in [2.45, 2.75) is 57.6 Å². The molecule has 0 bridgehead atoms. The first-order valence-electron chi connectivity index (χ1n) is 9.54. The number of ether oxygens (including phenoxy) is 2. The van der Waals surface area contributed by atoms with Gasteiger partial charge in [0, 0.05) is 14.1 Å². The standard InChI is InChI=1S/C18H26N4O6S2/c1-8(2)27-14(24)10(15(25)28-9(3)4)16-29-7-22-11-12(19-17(22)30-16)20(5)18(26)21(6)13(11)23/h8-9,11-12,17,19H,7H2,1-6H3. The lowest BCUT2D eigenvalue weighted by molar-refractivity contribution is -0.151. The Bertz CT molecular complexity index is 778. The zero-order chi connectivity index (χ0) is 22.3. The van der Waals surface area contributed by atoms with Crippen LogP contribution in [0.4, 0.5) is 4.79 Å². The fraction of sp³-hybridized carbons (Fsp3) is 0.667. The van der Waals surface area contributed by atoms with E-state index in [2.05, 4.69) is 5.32 Å². The number of carbonyl (C=O) groups is 4. The lowest BCUT2D eigenvalue weighted by atomic mass is 10.1. The lowest BCUT2D eigenvalue weighted by Crippen LogP contribution is -2.65. The molecule has 0 spiro atoms. The van der Waals surface area contributed by atoms with Gasteiger partial charge in [0.05, 0.1) is 22.3 Å². The van der Waals surface area contributed by atoms with Gasteiger partial charge < -0.3 is 14.4 Å². The first-order chi connectivity index (χ1) is 14.0. The third-order valence-electron chi connectivity index (χ3n) is 4.72. The molecular formula is C18H26N4O6S2. The Labute approximate surface area is 183 Å². The van der Waals surface area contributed by atoms with Gasteiger partial charge in [0.2, 0.25) is 0 Å². The minimum absolute atomic E-state index is 0.142. The Morgan fingerprint density at radius 1 is 1.07 bits per heavy atom. The molecule has 3 unspecified atom stereocenters. The highest BCUT2D eigenvalue weighted by Crippen LogP contribution is 2.46. The number of rotatable bonds is 4. The molecule has 3 saturated heterocycles. The van der Waals surface area contributed by atoms with E-state index < -0.39 is 41.9 Å². The zero-order valence-electron chi connectivity index (χ0n) is 17.7. The molecule has 0 aromatic carbocycles. The fourth-order valence-corrected chi connectivity index (χ4v) is 6.08. The van der Waals surface area contributed by atoms with Crippen LogP contribution in [0.2, 0.25) is 0 Å². The van der Waals surface area contributed by atoms with E-state index in [9.17, 15) is 19.2 Å². The number of thioether (sulfide) groups is 2. The number of carbonyl (C=O) groups excluding carboxylic acids is 4. The number of imide groups is 1. The van der Waals surface area contributed by atoms with Crippen molar-refractivity contribution in [1.29, 1.82) is 0 Å². The highest BCUT2D eigenvalue weighted by atomic mass is 32.2. The van der Waals surface area contributed by atoms with Crippen molar-refractivity contribution >= 4 is 47.4 Å². The van der Waals surface area contributed by atoms with Gasteiger partial charge in [-0.25, -0.2) is 14.4 Å². The average Bonchev–Trinajstić information content (AvgIpc) is 3.02. The smallest absolute Gasteiger partial charge is 0.347 e. The number of amides is 3. The Morgan fingerprint density at radius 2 is 1.63 bits per heavy atom. The third-order valence-corrected chi connectivity index (χ3v) is 7.31. The SMILES string of the molecule is CC(C)OC(=O)C(C(=O)OC(C)C)=C1SCN2C(NC3C2C(=O)N(C)C(=O)N3C)S1. The molecule has 3 rings (SSSR count). The number of fused-ring (bicyclic) bond motifs is 3. The summed E-state index contributed by atoms with van der Waals surface area (Å²) in [7, 11) is 3.09. The number of nitrogens with zero attached hydrogens (tertiary/aromatic N) is 3. The third kappa shape index (κ3) is 4.18. The van der Waals surface area contributed by atoms with E-state index in [0.717, 1.165) is 4.90 Å². The quantitative estimate of drug-likeness (QED) is 0.283. The van der Waals surface area contributed by atoms with E-state index >= 15 is 0 Å². The van der Waals surface area contributed by atoms with Crippen LogP contribution >= 0.6 is 23.5 Å². The number of likely N-dealkylation sites (N-methyl/N-ethyl adjacent to an activating group) is 2. The second kappa shape index (κ2) is 8.77. The van der Waals surface area contributed by atoms with Crippen molar-refractivity contribution in [3.05, 3.63) is 9.81 Å². The topological polar surface area (TPSA) is 108 Å². The molecule has 0 radical (unpaired) electrons. The van der Waals surface area contributed by atoms with Crippen LogP contribution < -0.4 is 5.32 Å². The van der Waals surface area contributed by atoms with Crippen LogP contribution in [0.5, 0.6) is 0 Å². The van der Waals surface area contributed by atoms with Gasteiger partial charge in [-0.3, -0.25) is 19.9 Å². The molecule has 12 heteroatoms. The minimum Gasteiger partial charge on any atom is -0.459 e. The molecule has 3 aliphatic heterocycles. The van der Waals surface area contributed by atoms with Crippen LogP contribution in [0.1, 0.15) is 27.7 Å². The summed E-state index contributed by atoms with van der Waals surface area (Å²) in [6, 6.07) is -0.929. The Kier molecular flexibility index (Phi) is 6.70. The maximum atomic E-state index is 12.7. The Balaban J connectivity index is 1.89. The summed E-state index contributed by atoms with van der Waals surface area (Å²) in [6.45, 7) is 6.81. The maximum Gasteiger partial charge on any atom is 0.347 e. The van der Waals surface area contributed by atoms with Crippen molar-refractivity contribution < 1.29 is 28.7 Å². The van der Waals surface area contributed by atoms with Crippen LogP contribution in [-0.2, 0) is 23.9 Å². The van der Waals surface area contributed by atoms with E-state index in [0.29, 0.717) is 10.1 Å². The number of esters is 2. The molecule has 30 heavy (non-hydrogen) atoms. The van der Waals surface area contributed by atoms with E-state index in [1.165, 1.54) is 35.5 Å². The van der Waals surface area contributed by atoms with E-state index in [-0.39, 0.29) is 17.5 Å². The summed E-state index contributed by atoms with van der Waals surface area (Å²) in [6.07, 6.45) is -1.28. The van der Waals surface area contributed by atoms with Crippen LogP contribution in [0, 0.1) is 0 Å². The highest BCUT2D eigenvalue weighted by Gasteiger charge is 2.55. The highest BCUT2D eigenvalue weighted by molar-refractivity contribution is 8.23.